The van der Waals surface area contributed by atoms with Crippen molar-refractivity contribution in [3.8, 4) is 5.75 Å². The van der Waals surface area contributed by atoms with E-state index < -0.39 is 5.54 Å². The molecule has 0 atom stereocenters. The second-order valence-electron chi connectivity index (χ2n) is 7.77. The molecule has 0 unspecified atom stereocenters. The molecule has 160 valence electrons. The van der Waals surface area contributed by atoms with Gasteiger partial charge in [-0.15, -0.1) is 0 Å². The first-order valence-corrected chi connectivity index (χ1v) is 10.3. The third kappa shape index (κ3) is 4.62. The first-order chi connectivity index (χ1) is 14.4. The zero-order valence-electron chi connectivity index (χ0n) is 18.4. The molecule has 0 aliphatic carbocycles. The molecule has 0 saturated carbocycles. The molecule has 1 aromatic carbocycles. The minimum Gasteiger partial charge on any atom is -0.494 e. The van der Waals surface area contributed by atoms with E-state index in [1.165, 1.54) is 0 Å². The zero-order chi connectivity index (χ0) is 21.7. The van der Waals surface area contributed by atoms with Crippen LogP contribution in [0.4, 0.5) is 0 Å². The topological polar surface area (TPSA) is 77.8 Å². The highest BCUT2D eigenvalue weighted by Gasteiger charge is 2.27. The number of carbonyl (C=O) groups excluding carboxylic acids is 1. The lowest BCUT2D eigenvalue weighted by Crippen LogP contribution is -2.41. The summed E-state index contributed by atoms with van der Waals surface area (Å²) < 4.78 is 12.8. The average Bonchev–Trinajstić information content (AvgIpc) is 3.16. The molecule has 30 heavy (non-hydrogen) atoms. The van der Waals surface area contributed by atoms with Crippen molar-refractivity contribution in [2.24, 2.45) is 0 Å². The monoisotopic (exact) mass is 410 g/mol. The molecule has 1 amide bonds. The van der Waals surface area contributed by atoms with Gasteiger partial charge in [0.1, 0.15) is 12.1 Å². The number of nitrogens with zero attached hydrogens (tertiary/aromatic N) is 3. The van der Waals surface area contributed by atoms with Gasteiger partial charge in [-0.2, -0.15) is 0 Å². The van der Waals surface area contributed by atoms with Gasteiger partial charge in [-0.05, 0) is 50.5 Å². The predicted molar refractivity (Wildman–Crippen MR) is 116 cm³/mol. The number of imidazole rings is 1. The Bertz CT molecular complexity index is 1030. The van der Waals surface area contributed by atoms with Gasteiger partial charge in [0.25, 0.3) is 5.91 Å². The van der Waals surface area contributed by atoms with Crippen molar-refractivity contribution in [1.82, 2.24) is 19.7 Å². The fraction of sp³-hybridized carbons (Fsp3) is 0.435. The number of carbonyl (C=O) groups is 1. The first-order valence-electron chi connectivity index (χ1n) is 10.3. The molecule has 3 aromatic rings. The van der Waals surface area contributed by atoms with Gasteiger partial charge in [0, 0.05) is 12.8 Å². The van der Waals surface area contributed by atoms with Crippen LogP contribution >= 0.6 is 0 Å². The molecule has 2 heterocycles. The molecular formula is C23H30N4O3. The highest BCUT2D eigenvalue weighted by Crippen LogP contribution is 2.25. The van der Waals surface area contributed by atoms with Crippen molar-refractivity contribution in [1.29, 1.82) is 0 Å². The van der Waals surface area contributed by atoms with Crippen LogP contribution in [0.15, 0.2) is 36.7 Å². The largest absolute Gasteiger partial charge is 0.494 e. The molecular weight excluding hydrogens is 380 g/mol. The Hall–Kier alpha value is -2.93. The van der Waals surface area contributed by atoms with Crippen molar-refractivity contribution >= 4 is 11.6 Å². The summed E-state index contributed by atoms with van der Waals surface area (Å²) in [5, 5.41) is 3.10. The number of methoxy groups -OCH3 is 1. The smallest absolute Gasteiger partial charge is 0.274 e. The van der Waals surface area contributed by atoms with Crippen LogP contribution in [0.5, 0.6) is 5.75 Å². The quantitative estimate of drug-likeness (QED) is 0.579. The number of rotatable bonds is 9. The van der Waals surface area contributed by atoms with Crippen molar-refractivity contribution in [3.05, 3.63) is 59.3 Å². The van der Waals surface area contributed by atoms with Crippen molar-refractivity contribution in [2.45, 2.75) is 52.7 Å². The van der Waals surface area contributed by atoms with Crippen molar-refractivity contribution in [3.63, 3.8) is 0 Å². The summed E-state index contributed by atoms with van der Waals surface area (Å²) in [6, 6.07) is 9.78. The summed E-state index contributed by atoms with van der Waals surface area (Å²) in [7, 11) is 1.64. The number of hydrogen-bond acceptors (Lipinski definition) is 5. The van der Waals surface area contributed by atoms with Crippen LogP contribution in [-0.2, 0) is 23.3 Å². The summed E-state index contributed by atoms with van der Waals surface area (Å²) in [6.45, 7) is 9.10. The second-order valence-corrected chi connectivity index (χ2v) is 7.77. The normalized spacial score (nSPS) is 11.6. The fourth-order valence-corrected chi connectivity index (χ4v) is 3.30. The van der Waals surface area contributed by atoms with Gasteiger partial charge < -0.3 is 14.8 Å². The van der Waals surface area contributed by atoms with Gasteiger partial charge in [-0.1, -0.05) is 26.0 Å². The standard InChI is InChI=1S/C23H30N4O3/c1-6-11-30-19-10-8-9-16(12-19)23(3,4)26-22(28)20-21-25-17(7-2)13-18(14-29-5)27(21)15-24-20/h8-10,12-13,15H,6-7,11,14H2,1-5H3,(H,26,28). The Kier molecular flexibility index (Phi) is 6.72. The van der Waals surface area contributed by atoms with E-state index in [1.807, 2.05) is 55.5 Å². The van der Waals surface area contributed by atoms with Crippen LogP contribution in [0.3, 0.4) is 0 Å². The highest BCUT2D eigenvalue weighted by atomic mass is 16.5. The predicted octanol–water partition coefficient (Wildman–Crippen LogP) is 3.89. The molecule has 0 saturated heterocycles. The number of aryl methyl sites for hydroxylation is 1. The first kappa shape index (κ1) is 21.8. The minimum atomic E-state index is -0.615. The van der Waals surface area contributed by atoms with Crippen LogP contribution in [0.2, 0.25) is 0 Å². The van der Waals surface area contributed by atoms with E-state index in [9.17, 15) is 4.79 Å². The number of hydrogen-bond donors (Lipinski definition) is 1. The van der Waals surface area contributed by atoms with Gasteiger partial charge >= 0.3 is 0 Å². The number of benzene rings is 1. The van der Waals surface area contributed by atoms with Gasteiger partial charge in [0.15, 0.2) is 11.3 Å². The average molecular weight is 411 g/mol. The maximum atomic E-state index is 13.1. The number of amides is 1. The van der Waals surface area contributed by atoms with Gasteiger partial charge in [0.05, 0.1) is 24.4 Å². The molecule has 0 radical (unpaired) electrons. The molecule has 0 aliphatic rings. The fourth-order valence-electron chi connectivity index (χ4n) is 3.30. The highest BCUT2D eigenvalue weighted by molar-refractivity contribution is 5.98. The third-order valence-electron chi connectivity index (χ3n) is 4.96. The Balaban J connectivity index is 1.90. The molecule has 0 spiro atoms. The Morgan fingerprint density at radius 3 is 2.73 bits per heavy atom. The van der Waals surface area contributed by atoms with Crippen LogP contribution < -0.4 is 10.1 Å². The van der Waals surface area contributed by atoms with E-state index in [-0.39, 0.29) is 5.91 Å². The van der Waals surface area contributed by atoms with Crippen LogP contribution in [-0.4, -0.2) is 34.0 Å². The summed E-state index contributed by atoms with van der Waals surface area (Å²) in [5.41, 5.74) is 2.98. The number of fused-ring (bicyclic) bond motifs is 1. The Morgan fingerprint density at radius 1 is 1.23 bits per heavy atom. The molecule has 1 N–H and O–H groups in total. The zero-order valence-corrected chi connectivity index (χ0v) is 18.4. The maximum absolute atomic E-state index is 13.1. The second kappa shape index (κ2) is 9.26. The Morgan fingerprint density at radius 2 is 2.03 bits per heavy atom. The van der Waals surface area contributed by atoms with E-state index in [0.717, 1.165) is 35.5 Å². The summed E-state index contributed by atoms with van der Waals surface area (Å²) in [5.74, 6) is 0.522. The van der Waals surface area contributed by atoms with Crippen LogP contribution in [0, 0.1) is 0 Å². The minimum absolute atomic E-state index is 0.272. The molecule has 7 heteroatoms. The van der Waals surface area contributed by atoms with Gasteiger partial charge in [-0.25, -0.2) is 9.97 Å². The molecule has 7 nitrogen and oxygen atoms in total. The van der Waals surface area contributed by atoms with Crippen molar-refractivity contribution < 1.29 is 14.3 Å². The molecule has 0 fully saturated rings. The lowest BCUT2D eigenvalue weighted by molar-refractivity contribution is 0.0908. The van der Waals surface area contributed by atoms with Gasteiger partial charge in [0.2, 0.25) is 0 Å². The van der Waals surface area contributed by atoms with E-state index >= 15 is 0 Å². The van der Waals surface area contributed by atoms with Crippen LogP contribution in [0.25, 0.3) is 5.65 Å². The third-order valence-corrected chi connectivity index (χ3v) is 4.96. The number of nitrogens with one attached hydrogen (secondary N) is 1. The summed E-state index contributed by atoms with van der Waals surface area (Å²) >= 11 is 0. The van der Waals surface area contributed by atoms with Crippen molar-refractivity contribution in [2.75, 3.05) is 13.7 Å². The lowest BCUT2D eigenvalue weighted by Gasteiger charge is -2.27. The molecule has 2 aromatic heterocycles. The summed E-state index contributed by atoms with van der Waals surface area (Å²) in [6.07, 6.45) is 3.32. The molecule has 0 bridgehead atoms. The SMILES string of the molecule is CCCOc1cccc(C(C)(C)NC(=O)c2ncn3c(COC)cc(CC)nc23)c1. The Labute approximate surface area is 177 Å². The summed E-state index contributed by atoms with van der Waals surface area (Å²) in [4.78, 5) is 22.1. The number of aromatic nitrogens is 3. The molecule has 0 aliphatic heterocycles. The lowest BCUT2D eigenvalue weighted by atomic mass is 9.94. The van der Waals surface area contributed by atoms with E-state index in [4.69, 9.17) is 9.47 Å². The van der Waals surface area contributed by atoms with E-state index in [0.29, 0.717) is 24.6 Å². The van der Waals surface area contributed by atoms with Crippen LogP contribution in [0.1, 0.15) is 61.6 Å². The van der Waals surface area contributed by atoms with E-state index in [1.54, 1.807) is 13.4 Å². The van der Waals surface area contributed by atoms with E-state index in [2.05, 4.69) is 22.2 Å². The van der Waals surface area contributed by atoms with Gasteiger partial charge in [-0.3, -0.25) is 9.20 Å². The number of ether oxygens (including phenoxy) is 2. The molecule has 3 rings (SSSR count). The maximum Gasteiger partial charge on any atom is 0.274 e.